The van der Waals surface area contributed by atoms with Gasteiger partial charge in [0.1, 0.15) is 0 Å². The van der Waals surface area contributed by atoms with E-state index in [9.17, 15) is 9.59 Å². The monoisotopic (exact) mass is 306 g/mol. The van der Waals surface area contributed by atoms with Crippen molar-refractivity contribution in [1.29, 1.82) is 0 Å². The van der Waals surface area contributed by atoms with Gasteiger partial charge in [-0.2, -0.15) is 0 Å². The largest absolute Gasteiger partial charge is 0.379 e. The molecule has 2 atom stereocenters. The van der Waals surface area contributed by atoms with Gasteiger partial charge in [-0.05, 0) is 31.2 Å². The molecule has 0 bridgehead atoms. The van der Waals surface area contributed by atoms with E-state index in [1.807, 2.05) is 0 Å². The van der Waals surface area contributed by atoms with E-state index in [1.54, 1.807) is 19.3 Å². The van der Waals surface area contributed by atoms with Gasteiger partial charge in [0.15, 0.2) is 0 Å². The minimum atomic E-state index is -0.203. The fourth-order valence-corrected chi connectivity index (χ4v) is 2.58. The van der Waals surface area contributed by atoms with E-state index in [0.717, 1.165) is 13.0 Å². The van der Waals surface area contributed by atoms with Crippen molar-refractivity contribution in [3.63, 3.8) is 0 Å². The molecule has 2 fully saturated rings. The first-order chi connectivity index (χ1) is 10.6. The van der Waals surface area contributed by atoms with Crippen molar-refractivity contribution in [3.8, 4) is 0 Å². The molecular formula is C16H22N2O4. The van der Waals surface area contributed by atoms with Gasteiger partial charge in [-0.3, -0.25) is 9.59 Å². The third kappa shape index (κ3) is 3.75. The van der Waals surface area contributed by atoms with Crippen LogP contribution in [-0.4, -0.2) is 42.4 Å². The van der Waals surface area contributed by atoms with Crippen LogP contribution in [0.1, 0.15) is 29.6 Å². The van der Waals surface area contributed by atoms with Crippen LogP contribution in [0, 0.1) is 5.92 Å². The molecule has 1 saturated carbocycles. The second-order valence-corrected chi connectivity index (χ2v) is 6.13. The van der Waals surface area contributed by atoms with Gasteiger partial charge in [-0.1, -0.05) is 0 Å². The van der Waals surface area contributed by atoms with Crippen LogP contribution in [0.3, 0.4) is 0 Å². The highest BCUT2D eigenvalue weighted by Gasteiger charge is 2.30. The zero-order valence-corrected chi connectivity index (χ0v) is 12.8. The highest BCUT2D eigenvalue weighted by molar-refractivity contribution is 5.94. The molecule has 1 aromatic rings. The molecule has 1 aliphatic carbocycles. The van der Waals surface area contributed by atoms with Gasteiger partial charge in [-0.25, -0.2) is 0 Å². The summed E-state index contributed by atoms with van der Waals surface area (Å²) >= 11 is 0. The van der Waals surface area contributed by atoms with E-state index in [1.165, 1.54) is 23.5 Å². The van der Waals surface area contributed by atoms with Crippen molar-refractivity contribution >= 4 is 5.91 Å². The van der Waals surface area contributed by atoms with Crippen LogP contribution in [0.15, 0.2) is 23.1 Å². The molecule has 0 unspecified atom stereocenters. The summed E-state index contributed by atoms with van der Waals surface area (Å²) < 4.78 is 12.8. The van der Waals surface area contributed by atoms with Crippen LogP contribution < -0.4 is 10.9 Å². The number of pyridine rings is 1. The number of carbonyl (C=O) groups excluding carboxylic acids is 1. The van der Waals surface area contributed by atoms with Crippen LogP contribution in [0.5, 0.6) is 0 Å². The molecule has 1 N–H and O–H groups in total. The second-order valence-electron chi connectivity index (χ2n) is 6.13. The zero-order chi connectivity index (χ0) is 15.5. The van der Waals surface area contributed by atoms with E-state index < -0.39 is 0 Å². The van der Waals surface area contributed by atoms with Crippen molar-refractivity contribution < 1.29 is 14.3 Å². The predicted octanol–water partition coefficient (Wildman–Crippen LogP) is 0.699. The summed E-state index contributed by atoms with van der Waals surface area (Å²) in [6.45, 7) is 1.91. The fraction of sp³-hybridized carbons (Fsp3) is 0.625. The number of nitrogens with zero attached hydrogens (tertiary/aromatic N) is 1. The molecule has 1 amide bonds. The maximum atomic E-state index is 12.3. The Morgan fingerprint density at radius 3 is 2.95 bits per heavy atom. The minimum absolute atomic E-state index is 0.00540. The Labute approximate surface area is 129 Å². The average molecular weight is 306 g/mol. The maximum absolute atomic E-state index is 12.3. The Morgan fingerprint density at radius 1 is 1.41 bits per heavy atom. The van der Waals surface area contributed by atoms with Crippen molar-refractivity contribution in [3.05, 3.63) is 34.2 Å². The molecule has 0 radical (unpaired) electrons. The zero-order valence-electron chi connectivity index (χ0n) is 12.8. The second kappa shape index (κ2) is 6.62. The molecular weight excluding hydrogens is 284 g/mol. The SMILES string of the molecule is Cn1cc(C(=O)N[C@@H]2COCC[C@@H]2OCC2CC2)ccc1=O. The number of rotatable bonds is 5. The standard InChI is InChI=1S/C16H22N2O4/c1-18-8-12(4-5-15(18)19)16(20)17-13-10-21-7-6-14(13)22-9-11-2-3-11/h4-5,8,11,13-14H,2-3,6-7,9-10H2,1H3,(H,17,20)/t13-,14+/m1/s1. The number of hydrogen-bond acceptors (Lipinski definition) is 4. The molecule has 0 spiro atoms. The molecule has 22 heavy (non-hydrogen) atoms. The Kier molecular flexibility index (Phi) is 4.59. The Bertz CT molecular complexity index is 594. The molecule has 1 saturated heterocycles. The van der Waals surface area contributed by atoms with Gasteiger partial charge >= 0.3 is 0 Å². The summed E-state index contributed by atoms with van der Waals surface area (Å²) in [6.07, 6.45) is 4.84. The highest BCUT2D eigenvalue weighted by Crippen LogP contribution is 2.30. The number of hydrogen-bond donors (Lipinski definition) is 1. The lowest BCUT2D eigenvalue weighted by atomic mass is 10.1. The molecule has 1 aliphatic heterocycles. The summed E-state index contributed by atoms with van der Waals surface area (Å²) in [7, 11) is 1.63. The molecule has 2 aliphatic rings. The molecule has 3 rings (SSSR count). The first-order valence-corrected chi connectivity index (χ1v) is 7.80. The summed E-state index contributed by atoms with van der Waals surface area (Å²) in [4.78, 5) is 23.7. The fourth-order valence-electron chi connectivity index (χ4n) is 2.58. The van der Waals surface area contributed by atoms with E-state index in [-0.39, 0.29) is 23.6 Å². The summed E-state index contributed by atoms with van der Waals surface area (Å²) in [5.74, 6) is 0.494. The first kappa shape index (κ1) is 15.2. The van der Waals surface area contributed by atoms with Crippen LogP contribution in [0.2, 0.25) is 0 Å². The maximum Gasteiger partial charge on any atom is 0.253 e. The Morgan fingerprint density at radius 2 is 2.23 bits per heavy atom. The van der Waals surface area contributed by atoms with Crippen molar-refractivity contribution in [2.75, 3.05) is 19.8 Å². The van der Waals surface area contributed by atoms with Crippen LogP contribution in [0.25, 0.3) is 0 Å². The van der Waals surface area contributed by atoms with Crippen LogP contribution in [-0.2, 0) is 16.5 Å². The molecule has 6 nitrogen and oxygen atoms in total. The Hall–Kier alpha value is -1.66. The van der Waals surface area contributed by atoms with E-state index in [0.29, 0.717) is 24.7 Å². The van der Waals surface area contributed by atoms with Gasteiger partial charge in [-0.15, -0.1) is 0 Å². The van der Waals surface area contributed by atoms with Gasteiger partial charge in [0, 0.05) is 32.5 Å². The number of ether oxygens (including phenoxy) is 2. The third-order valence-electron chi connectivity index (χ3n) is 4.20. The van der Waals surface area contributed by atoms with E-state index in [4.69, 9.17) is 9.47 Å². The molecule has 6 heteroatoms. The minimum Gasteiger partial charge on any atom is -0.379 e. The van der Waals surface area contributed by atoms with Gasteiger partial charge in [0.05, 0.1) is 24.3 Å². The quantitative estimate of drug-likeness (QED) is 0.869. The van der Waals surface area contributed by atoms with Crippen molar-refractivity contribution in [2.24, 2.45) is 13.0 Å². The number of amides is 1. The molecule has 1 aromatic heterocycles. The van der Waals surface area contributed by atoms with Gasteiger partial charge in [0.2, 0.25) is 5.56 Å². The first-order valence-electron chi connectivity index (χ1n) is 7.80. The molecule has 120 valence electrons. The normalized spacial score (nSPS) is 25.0. The predicted molar refractivity (Wildman–Crippen MR) is 80.8 cm³/mol. The lowest BCUT2D eigenvalue weighted by Gasteiger charge is -2.32. The average Bonchev–Trinajstić information content (AvgIpc) is 3.33. The van der Waals surface area contributed by atoms with E-state index in [2.05, 4.69) is 5.32 Å². The van der Waals surface area contributed by atoms with Crippen LogP contribution in [0.4, 0.5) is 0 Å². The summed E-state index contributed by atoms with van der Waals surface area (Å²) in [5.41, 5.74) is 0.330. The van der Waals surface area contributed by atoms with Crippen LogP contribution >= 0.6 is 0 Å². The number of aryl methyl sites for hydroxylation is 1. The summed E-state index contributed by atoms with van der Waals surface area (Å²) in [5, 5.41) is 2.97. The lowest BCUT2D eigenvalue weighted by Crippen LogP contribution is -2.50. The highest BCUT2D eigenvalue weighted by atomic mass is 16.5. The third-order valence-corrected chi connectivity index (χ3v) is 4.20. The summed E-state index contributed by atoms with van der Waals surface area (Å²) in [6, 6.07) is 2.80. The Balaban J connectivity index is 1.61. The number of nitrogens with one attached hydrogen (secondary N) is 1. The van der Waals surface area contributed by atoms with Crippen molar-refractivity contribution in [1.82, 2.24) is 9.88 Å². The number of aromatic nitrogens is 1. The van der Waals surface area contributed by atoms with Crippen molar-refractivity contribution in [2.45, 2.75) is 31.4 Å². The molecule has 2 heterocycles. The van der Waals surface area contributed by atoms with E-state index >= 15 is 0 Å². The number of carbonyl (C=O) groups is 1. The van der Waals surface area contributed by atoms with Gasteiger partial charge in [0.25, 0.3) is 5.91 Å². The lowest BCUT2D eigenvalue weighted by molar-refractivity contribution is -0.0567. The molecule has 0 aromatic carbocycles. The topological polar surface area (TPSA) is 69.6 Å². The smallest absolute Gasteiger partial charge is 0.253 e. The van der Waals surface area contributed by atoms with Gasteiger partial charge < -0.3 is 19.4 Å².